The molecule has 6 nitrogen and oxygen atoms in total. The lowest BCUT2D eigenvalue weighted by Crippen LogP contribution is -2.35. The summed E-state index contributed by atoms with van der Waals surface area (Å²) in [6.45, 7) is -0.255. The van der Waals surface area contributed by atoms with Crippen LogP contribution in [0.4, 0.5) is 25.0 Å². The molecular weight excluding hydrogens is 366 g/mol. The molecule has 144 valence electrons. The zero-order valence-electron chi connectivity index (χ0n) is 14.8. The first-order valence-corrected chi connectivity index (χ1v) is 8.56. The van der Waals surface area contributed by atoms with Gasteiger partial charge < -0.3 is 16.0 Å². The number of nitrogens with zero attached hydrogens (tertiary/aromatic N) is 1. The van der Waals surface area contributed by atoms with Crippen molar-refractivity contribution >= 4 is 34.2 Å². The molecule has 3 N–H and O–H groups in total. The van der Waals surface area contributed by atoms with E-state index in [4.69, 9.17) is 0 Å². The third-order valence-corrected chi connectivity index (χ3v) is 3.86. The molecule has 0 radical (unpaired) electrons. The predicted molar refractivity (Wildman–Crippen MR) is 104 cm³/mol. The van der Waals surface area contributed by atoms with Crippen LogP contribution in [0.2, 0.25) is 0 Å². The van der Waals surface area contributed by atoms with Crippen LogP contribution in [0.5, 0.6) is 0 Å². The lowest BCUT2D eigenvalue weighted by atomic mass is 10.1. The lowest BCUT2D eigenvalue weighted by molar-refractivity contribution is -0.115. The molecule has 0 saturated carbocycles. The lowest BCUT2D eigenvalue weighted by Gasteiger charge is -2.10. The molecule has 0 saturated heterocycles. The number of fused-ring (bicyclic) bond motifs is 1. The van der Waals surface area contributed by atoms with E-state index < -0.39 is 18.4 Å². The standard InChI is InChI=1S/C20H18F2N4O2/c21-18(22)9-13-4-3-6-15(8-13)26-20(28)24-12-19(27)25-16-10-14-5-1-2-7-17(14)23-11-16/h1-8,10-11,18H,9,12H2,(H,25,27)(H2,24,26,28). The van der Waals surface area contributed by atoms with Gasteiger partial charge in [0.2, 0.25) is 12.3 Å². The Morgan fingerprint density at radius 1 is 0.964 bits per heavy atom. The molecule has 0 aliphatic rings. The number of anilines is 2. The van der Waals surface area contributed by atoms with E-state index in [1.165, 1.54) is 12.3 Å². The van der Waals surface area contributed by atoms with Crippen molar-refractivity contribution in [3.05, 3.63) is 66.4 Å². The zero-order chi connectivity index (χ0) is 19.9. The van der Waals surface area contributed by atoms with Crippen molar-refractivity contribution in [1.29, 1.82) is 0 Å². The number of benzene rings is 2. The van der Waals surface area contributed by atoms with E-state index in [1.807, 2.05) is 24.3 Å². The number of alkyl halides is 2. The fourth-order valence-corrected chi connectivity index (χ4v) is 2.63. The van der Waals surface area contributed by atoms with E-state index >= 15 is 0 Å². The fraction of sp³-hybridized carbons (Fsp3) is 0.150. The van der Waals surface area contributed by atoms with Gasteiger partial charge in [0, 0.05) is 17.5 Å². The Balaban J connectivity index is 1.50. The van der Waals surface area contributed by atoms with Crippen molar-refractivity contribution in [2.45, 2.75) is 12.8 Å². The van der Waals surface area contributed by atoms with E-state index in [0.29, 0.717) is 16.9 Å². The quantitative estimate of drug-likeness (QED) is 0.604. The first-order chi connectivity index (χ1) is 13.5. The molecule has 0 aliphatic heterocycles. The van der Waals surface area contributed by atoms with E-state index in [-0.39, 0.29) is 13.0 Å². The average Bonchev–Trinajstić information content (AvgIpc) is 2.66. The Kier molecular flexibility index (Phi) is 6.11. The first kappa shape index (κ1) is 19.2. The molecule has 1 aromatic heterocycles. The third kappa shape index (κ3) is 5.47. The van der Waals surface area contributed by atoms with Crippen molar-refractivity contribution in [3.63, 3.8) is 0 Å². The number of hydrogen-bond donors (Lipinski definition) is 3. The minimum Gasteiger partial charge on any atom is -0.329 e. The molecule has 28 heavy (non-hydrogen) atoms. The van der Waals surface area contributed by atoms with Crippen LogP contribution in [0.1, 0.15) is 5.56 Å². The van der Waals surface area contributed by atoms with Crippen molar-refractivity contribution in [2.75, 3.05) is 17.2 Å². The highest BCUT2D eigenvalue weighted by atomic mass is 19.3. The van der Waals surface area contributed by atoms with Crippen LogP contribution in [0.25, 0.3) is 10.9 Å². The summed E-state index contributed by atoms with van der Waals surface area (Å²) in [6, 6.07) is 14.8. The van der Waals surface area contributed by atoms with Gasteiger partial charge in [-0.2, -0.15) is 0 Å². The summed E-state index contributed by atoms with van der Waals surface area (Å²) in [5, 5.41) is 8.47. The normalized spacial score (nSPS) is 10.7. The second-order valence-electron chi connectivity index (χ2n) is 6.07. The van der Waals surface area contributed by atoms with Crippen LogP contribution < -0.4 is 16.0 Å². The van der Waals surface area contributed by atoms with Gasteiger partial charge in [-0.3, -0.25) is 9.78 Å². The fourth-order valence-electron chi connectivity index (χ4n) is 2.63. The Bertz CT molecular complexity index is 995. The van der Waals surface area contributed by atoms with Gasteiger partial charge in [0.1, 0.15) is 0 Å². The maximum atomic E-state index is 12.4. The summed E-state index contributed by atoms with van der Waals surface area (Å²) in [6.07, 6.45) is -1.31. The monoisotopic (exact) mass is 384 g/mol. The molecule has 2 aromatic carbocycles. The second-order valence-corrected chi connectivity index (χ2v) is 6.07. The Labute approximate surface area is 160 Å². The zero-order valence-corrected chi connectivity index (χ0v) is 14.8. The molecule has 3 amide bonds. The highest BCUT2D eigenvalue weighted by Gasteiger charge is 2.09. The topological polar surface area (TPSA) is 83.1 Å². The van der Waals surface area contributed by atoms with Gasteiger partial charge in [0.15, 0.2) is 0 Å². The smallest absolute Gasteiger partial charge is 0.319 e. The first-order valence-electron chi connectivity index (χ1n) is 8.56. The number of hydrogen-bond acceptors (Lipinski definition) is 3. The van der Waals surface area contributed by atoms with Crippen LogP contribution in [-0.2, 0) is 11.2 Å². The molecule has 0 aliphatic carbocycles. The number of amides is 3. The summed E-state index contributed by atoms with van der Waals surface area (Å²) in [7, 11) is 0. The number of halogens is 2. The number of urea groups is 1. The van der Waals surface area contributed by atoms with E-state index in [1.54, 1.807) is 24.3 Å². The molecule has 3 aromatic rings. The van der Waals surface area contributed by atoms with Crippen LogP contribution in [-0.4, -0.2) is 29.9 Å². The van der Waals surface area contributed by atoms with Crippen LogP contribution >= 0.6 is 0 Å². The van der Waals surface area contributed by atoms with Gasteiger partial charge in [-0.15, -0.1) is 0 Å². The molecule has 0 atom stereocenters. The predicted octanol–water partition coefficient (Wildman–Crippen LogP) is 3.80. The maximum Gasteiger partial charge on any atom is 0.319 e. The Morgan fingerprint density at radius 3 is 2.61 bits per heavy atom. The van der Waals surface area contributed by atoms with Gasteiger partial charge in [-0.05, 0) is 29.8 Å². The molecule has 0 bridgehead atoms. The SMILES string of the molecule is O=C(CNC(=O)Nc1cccc(CC(F)F)c1)Nc1cnc2ccccc2c1. The van der Waals surface area contributed by atoms with Crippen LogP contribution in [0, 0.1) is 0 Å². The Hall–Kier alpha value is -3.55. The van der Waals surface area contributed by atoms with Gasteiger partial charge >= 0.3 is 6.03 Å². The van der Waals surface area contributed by atoms with E-state index in [2.05, 4.69) is 20.9 Å². The number of carbonyl (C=O) groups excluding carboxylic acids is 2. The van der Waals surface area contributed by atoms with Crippen molar-refractivity contribution in [3.8, 4) is 0 Å². The number of para-hydroxylation sites is 1. The molecule has 0 unspecified atom stereocenters. The van der Waals surface area contributed by atoms with Gasteiger partial charge in [0.05, 0.1) is 23.9 Å². The molecule has 0 fully saturated rings. The molecule has 8 heteroatoms. The molecule has 1 heterocycles. The van der Waals surface area contributed by atoms with Crippen LogP contribution in [0.3, 0.4) is 0 Å². The van der Waals surface area contributed by atoms with Gasteiger partial charge in [0.25, 0.3) is 0 Å². The average molecular weight is 384 g/mol. The highest BCUT2D eigenvalue weighted by Crippen LogP contribution is 2.16. The number of aromatic nitrogens is 1. The van der Waals surface area contributed by atoms with Crippen molar-refractivity contribution in [2.24, 2.45) is 0 Å². The van der Waals surface area contributed by atoms with Crippen LogP contribution in [0.15, 0.2) is 60.8 Å². The third-order valence-electron chi connectivity index (χ3n) is 3.86. The van der Waals surface area contributed by atoms with Crippen molar-refractivity contribution in [1.82, 2.24) is 10.3 Å². The number of pyridine rings is 1. The summed E-state index contributed by atoms with van der Waals surface area (Å²) < 4.78 is 24.9. The van der Waals surface area contributed by atoms with E-state index in [0.717, 1.165) is 10.9 Å². The summed E-state index contributed by atoms with van der Waals surface area (Å²) in [5.41, 5.74) is 2.11. The summed E-state index contributed by atoms with van der Waals surface area (Å²) in [4.78, 5) is 28.2. The van der Waals surface area contributed by atoms with Gasteiger partial charge in [-0.25, -0.2) is 13.6 Å². The minimum absolute atomic E-state index is 0.255. The molecular formula is C20H18F2N4O2. The summed E-state index contributed by atoms with van der Waals surface area (Å²) >= 11 is 0. The molecule has 3 rings (SSSR count). The highest BCUT2D eigenvalue weighted by molar-refractivity contribution is 5.97. The maximum absolute atomic E-state index is 12.4. The van der Waals surface area contributed by atoms with Crippen molar-refractivity contribution < 1.29 is 18.4 Å². The summed E-state index contributed by atoms with van der Waals surface area (Å²) in [5.74, 6) is -0.418. The van der Waals surface area contributed by atoms with Gasteiger partial charge in [-0.1, -0.05) is 30.3 Å². The largest absolute Gasteiger partial charge is 0.329 e. The second kappa shape index (κ2) is 8.90. The Morgan fingerprint density at radius 2 is 1.79 bits per heavy atom. The number of nitrogens with one attached hydrogen (secondary N) is 3. The van der Waals surface area contributed by atoms with E-state index in [9.17, 15) is 18.4 Å². The number of rotatable bonds is 6. The minimum atomic E-state index is -2.46. The number of carbonyl (C=O) groups is 2. The molecule has 0 spiro atoms.